The number of furan rings is 1. The molecule has 6 heteroatoms. The monoisotopic (exact) mass is 371 g/mol. The van der Waals surface area contributed by atoms with E-state index in [2.05, 4.69) is 0 Å². The van der Waals surface area contributed by atoms with Crippen molar-refractivity contribution in [1.29, 1.82) is 0 Å². The van der Waals surface area contributed by atoms with Gasteiger partial charge in [0.2, 0.25) is 0 Å². The van der Waals surface area contributed by atoms with Crippen molar-refractivity contribution in [1.82, 2.24) is 4.90 Å². The minimum atomic E-state index is -1.08. The number of fused-ring (bicyclic) bond motifs is 1. The summed E-state index contributed by atoms with van der Waals surface area (Å²) < 4.78 is 22.8. The summed E-state index contributed by atoms with van der Waals surface area (Å²) in [6.45, 7) is 0.418. The molecule has 0 aliphatic heterocycles. The van der Waals surface area contributed by atoms with Crippen molar-refractivity contribution in [3.8, 4) is 5.75 Å². The average molecular weight is 371 g/mol. The molecule has 0 radical (unpaired) electrons. The number of hydrogen-bond donors (Lipinski definition) is 0. The zero-order valence-corrected chi connectivity index (χ0v) is 15.8. The average Bonchev–Trinajstić information content (AvgIpc) is 2.99. The Balaban J connectivity index is 1.91. The summed E-state index contributed by atoms with van der Waals surface area (Å²) in [7, 11) is 2.25. The van der Waals surface area contributed by atoms with Crippen LogP contribution in [-0.2, 0) is 23.1 Å². The molecule has 0 saturated carbocycles. The Morgan fingerprint density at radius 3 is 2.69 bits per heavy atom. The number of carbonyl (C=O) groups is 1. The van der Waals surface area contributed by atoms with Crippen LogP contribution in [0.25, 0.3) is 11.0 Å². The third-order valence-electron chi connectivity index (χ3n) is 4.14. The molecule has 0 aliphatic carbocycles. The Kier molecular flexibility index (Phi) is 5.42. The van der Waals surface area contributed by atoms with E-state index in [1.807, 2.05) is 48.5 Å². The first kappa shape index (κ1) is 18.2. The molecule has 3 rings (SSSR count). The third-order valence-corrected chi connectivity index (χ3v) is 4.84. The molecular formula is C20H21NO4S. The summed E-state index contributed by atoms with van der Waals surface area (Å²) in [6, 6.07) is 15.0. The van der Waals surface area contributed by atoms with Crippen molar-refractivity contribution in [2.75, 3.05) is 20.4 Å². The van der Waals surface area contributed by atoms with Gasteiger partial charge in [-0.2, -0.15) is 0 Å². The van der Waals surface area contributed by atoms with E-state index in [1.54, 1.807) is 25.3 Å². The highest BCUT2D eigenvalue weighted by Gasteiger charge is 2.24. The fraction of sp³-hybridized carbons (Fsp3) is 0.250. The topological polar surface area (TPSA) is 59.8 Å². The largest absolute Gasteiger partial charge is 0.497 e. The fourth-order valence-electron chi connectivity index (χ4n) is 2.91. The van der Waals surface area contributed by atoms with E-state index >= 15 is 0 Å². The van der Waals surface area contributed by atoms with Crippen molar-refractivity contribution >= 4 is 27.7 Å². The smallest absolute Gasteiger partial charge is 0.289 e. The van der Waals surface area contributed by atoms with Gasteiger partial charge in [-0.1, -0.05) is 30.3 Å². The van der Waals surface area contributed by atoms with Gasteiger partial charge in [-0.3, -0.25) is 9.00 Å². The number of methoxy groups -OCH3 is 1. The predicted molar refractivity (Wildman–Crippen MR) is 103 cm³/mol. The van der Waals surface area contributed by atoms with Crippen LogP contribution in [0.4, 0.5) is 0 Å². The first-order chi connectivity index (χ1) is 12.5. The summed E-state index contributed by atoms with van der Waals surface area (Å²) in [5.74, 6) is 1.05. The number of ether oxygens (including phenoxy) is 1. The van der Waals surface area contributed by atoms with E-state index < -0.39 is 10.8 Å². The maximum Gasteiger partial charge on any atom is 0.289 e. The van der Waals surface area contributed by atoms with Crippen LogP contribution in [0.2, 0.25) is 0 Å². The first-order valence-electron chi connectivity index (χ1n) is 8.18. The maximum atomic E-state index is 13.0. The molecular weight excluding hydrogens is 350 g/mol. The molecule has 1 unspecified atom stereocenters. The molecule has 26 heavy (non-hydrogen) atoms. The molecule has 2 aromatic carbocycles. The van der Waals surface area contributed by atoms with E-state index in [1.165, 1.54) is 0 Å². The number of rotatable bonds is 6. The van der Waals surface area contributed by atoms with E-state index in [-0.39, 0.29) is 17.4 Å². The molecule has 1 aromatic heterocycles. The molecule has 0 fully saturated rings. The number of hydrogen-bond acceptors (Lipinski definition) is 4. The van der Waals surface area contributed by atoms with Crippen molar-refractivity contribution < 1.29 is 18.2 Å². The van der Waals surface area contributed by atoms with Gasteiger partial charge in [-0.05, 0) is 23.8 Å². The highest BCUT2D eigenvalue weighted by atomic mass is 32.2. The van der Waals surface area contributed by atoms with Crippen LogP contribution in [0, 0.1) is 0 Å². The Labute approximate surface area is 155 Å². The zero-order chi connectivity index (χ0) is 18.7. The molecule has 1 heterocycles. The van der Waals surface area contributed by atoms with Crippen LogP contribution in [0.1, 0.15) is 21.7 Å². The lowest BCUT2D eigenvalue weighted by atomic mass is 10.1. The zero-order valence-electron chi connectivity index (χ0n) is 15.0. The summed E-state index contributed by atoms with van der Waals surface area (Å²) >= 11 is 0. The van der Waals surface area contributed by atoms with Gasteiger partial charge in [0.1, 0.15) is 11.3 Å². The first-order valence-corrected chi connectivity index (χ1v) is 9.91. The van der Waals surface area contributed by atoms with E-state index in [0.717, 1.165) is 16.7 Å². The second-order valence-electron chi connectivity index (χ2n) is 6.14. The Bertz CT molecular complexity index is 963. The van der Waals surface area contributed by atoms with E-state index in [9.17, 15) is 9.00 Å². The number of nitrogens with zero attached hydrogens (tertiary/aromatic N) is 1. The standard InChI is InChI=1S/C20H21NO4S/c1-21(12-14-7-6-8-15(11-14)24-2)20(22)19-17(13-26(3)23)16-9-4-5-10-18(16)25-19/h4-11H,12-13H2,1-3H3. The molecule has 0 bridgehead atoms. The van der Waals surface area contributed by atoms with Gasteiger partial charge in [0.15, 0.2) is 5.76 Å². The second-order valence-corrected chi connectivity index (χ2v) is 7.57. The fourth-order valence-corrected chi connectivity index (χ4v) is 3.60. The third kappa shape index (κ3) is 3.80. The molecule has 0 aliphatic rings. The molecule has 0 spiro atoms. The summed E-state index contributed by atoms with van der Waals surface area (Å²) in [6.07, 6.45) is 1.62. The molecule has 1 amide bonds. The molecule has 1 atom stereocenters. The highest BCUT2D eigenvalue weighted by molar-refractivity contribution is 7.83. The minimum absolute atomic E-state index is 0.232. The molecule has 0 saturated heterocycles. The van der Waals surface area contributed by atoms with Crippen molar-refractivity contribution in [3.63, 3.8) is 0 Å². The highest BCUT2D eigenvalue weighted by Crippen LogP contribution is 2.28. The Morgan fingerprint density at radius 1 is 1.19 bits per heavy atom. The van der Waals surface area contributed by atoms with Crippen molar-refractivity contribution in [2.45, 2.75) is 12.3 Å². The normalized spacial score (nSPS) is 12.1. The van der Waals surface area contributed by atoms with Crippen LogP contribution >= 0.6 is 0 Å². The lowest BCUT2D eigenvalue weighted by Gasteiger charge is -2.17. The molecule has 0 N–H and O–H groups in total. The quantitative estimate of drug-likeness (QED) is 0.664. The van der Waals surface area contributed by atoms with Gasteiger partial charge < -0.3 is 14.1 Å². The predicted octanol–water partition coefficient (Wildman–Crippen LogP) is 3.59. The van der Waals surface area contributed by atoms with Gasteiger partial charge in [-0.25, -0.2) is 0 Å². The number of benzene rings is 2. The number of carbonyl (C=O) groups excluding carboxylic acids is 1. The van der Waals surface area contributed by atoms with Crippen LogP contribution in [0.15, 0.2) is 52.9 Å². The molecule has 5 nitrogen and oxygen atoms in total. The van der Waals surface area contributed by atoms with Crippen LogP contribution in [0.5, 0.6) is 5.75 Å². The maximum absolute atomic E-state index is 13.0. The van der Waals surface area contributed by atoms with Gasteiger partial charge in [0.05, 0.1) is 12.9 Å². The van der Waals surface area contributed by atoms with Gasteiger partial charge >= 0.3 is 0 Å². The number of amides is 1. The lowest BCUT2D eigenvalue weighted by Crippen LogP contribution is -2.26. The van der Waals surface area contributed by atoms with Crippen LogP contribution in [0.3, 0.4) is 0 Å². The Morgan fingerprint density at radius 2 is 1.96 bits per heavy atom. The molecule has 3 aromatic rings. The Hall–Kier alpha value is -2.60. The van der Waals surface area contributed by atoms with Gasteiger partial charge in [-0.15, -0.1) is 0 Å². The second kappa shape index (κ2) is 7.74. The lowest BCUT2D eigenvalue weighted by molar-refractivity contribution is 0.0754. The van der Waals surface area contributed by atoms with Gasteiger partial charge in [0.25, 0.3) is 5.91 Å². The summed E-state index contributed by atoms with van der Waals surface area (Å²) in [5.41, 5.74) is 2.28. The van der Waals surface area contributed by atoms with E-state index in [4.69, 9.17) is 9.15 Å². The SMILES string of the molecule is COc1cccc(CN(C)C(=O)c2oc3ccccc3c2CS(C)=O)c1. The minimum Gasteiger partial charge on any atom is -0.497 e. The van der Waals surface area contributed by atoms with Crippen LogP contribution < -0.4 is 4.74 Å². The summed E-state index contributed by atoms with van der Waals surface area (Å²) in [5, 5.41) is 0.834. The number of para-hydroxylation sites is 1. The van der Waals surface area contributed by atoms with Crippen LogP contribution in [-0.4, -0.2) is 35.4 Å². The van der Waals surface area contributed by atoms with Gasteiger partial charge in [0, 0.05) is 41.6 Å². The molecule has 136 valence electrons. The summed E-state index contributed by atoms with van der Waals surface area (Å²) in [4.78, 5) is 14.6. The van der Waals surface area contributed by atoms with E-state index in [0.29, 0.717) is 17.7 Å². The van der Waals surface area contributed by atoms with Crippen molar-refractivity contribution in [2.24, 2.45) is 0 Å². The van der Waals surface area contributed by atoms with Crippen molar-refractivity contribution in [3.05, 3.63) is 65.4 Å².